The summed E-state index contributed by atoms with van der Waals surface area (Å²) in [4.78, 5) is 2.60. The van der Waals surface area contributed by atoms with Gasteiger partial charge in [0, 0.05) is 19.7 Å². The van der Waals surface area contributed by atoms with Gasteiger partial charge in [-0.25, -0.2) is 0 Å². The van der Waals surface area contributed by atoms with Gasteiger partial charge in [-0.3, -0.25) is 4.90 Å². The highest BCUT2D eigenvalue weighted by Crippen LogP contribution is 2.35. The highest BCUT2D eigenvalue weighted by molar-refractivity contribution is 5.00. The Balaban J connectivity index is 2.71. The van der Waals surface area contributed by atoms with Crippen LogP contribution in [0.4, 0.5) is 0 Å². The lowest BCUT2D eigenvalue weighted by atomic mass is 9.92. The molecule has 1 fully saturated rings. The number of rotatable bonds is 8. The summed E-state index contributed by atoms with van der Waals surface area (Å²) in [5.74, 6) is 0.746. The van der Waals surface area contributed by atoms with E-state index in [0.717, 1.165) is 18.5 Å². The first kappa shape index (κ1) is 14.9. The Kier molecular flexibility index (Phi) is 5.42. The Morgan fingerprint density at radius 2 is 1.94 bits per heavy atom. The number of nitrogens with zero attached hydrogens (tertiary/aromatic N) is 1. The van der Waals surface area contributed by atoms with Gasteiger partial charge in [-0.05, 0) is 45.6 Å². The summed E-state index contributed by atoms with van der Waals surface area (Å²) in [6.45, 7) is 10.8. The van der Waals surface area contributed by atoms with Gasteiger partial charge in [-0.15, -0.1) is 0 Å². The first-order valence-corrected chi connectivity index (χ1v) is 6.95. The minimum Gasteiger partial charge on any atom is -0.380 e. The van der Waals surface area contributed by atoms with Crippen molar-refractivity contribution in [2.45, 2.75) is 64.6 Å². The molecule has 3 nitrogen and oxygen atoms in total. The Morgan fingerprint density at radius 1 is 1.35 bits per heavy atom. The molecule has 1 aliphatic rings. The molecule has 1 aliphatic carbocycles. The van der Waals surface area contributed by atoms with Crippen LogP contribution in [-0.4, -0.2) is 42.8 Å². The van der Waals surface area contributed by atoms with Crippen LogP contribution in [0.1, 0.15) is 47.0 Å². The average Bonchev–Trinajstić information content (AvgIpc) is 3.11. The molecular weight excluding hydrogens is 212 g/mol. The second-order valence-corrected chi connectivity index (χ2v) is 6.05. The molecular formula is C14H30N2O. The SMILES string of the molecule is COC(C)C(C)(CN)N(CCC(C)C)C1CC1. The van der Waals surface area contributed by atoms with E-state index in [2.05, 4.69) is 32.6 Å². The summed E-state index contributed by atoms with van der Waals surface area (Å²) in [5, 5.41) is 0. The van der Waals surface area contributed by atoms with Gasteiger partial charge in [0.25, 0.3) is 0 Å². The Bertz CT molecular complexity index is 228. The van der Waals surface area contributed by atoms with E-state index in [-0.39, 0.29) is 11.6 Å². The molecule has 17 heavy (non-hydrogen) atoms. The minimum atomic E-state index is -0.0230. The molecule has 2 unspecified atom stereocenters. The van der Waals surface area contributed by atoms with Gasteiger partial charge >= 0.3 is 0 Å². The van der Waals surface area contributed by atoms with Crippen LogP contribution >= 0.6 is 0 Å². The number of methoxy groups -OCH3 is 1. The highest BCUT2D eigenvalue weighted by Gasteiger charge is 2.43. The van der Waals surface area contributed by atoms with Crippen LogP contribution < -0.4 is 5.73 Å². The largest absolute Gasteiger partial charge is 0.380 e. The lowest BCUT2D eigenvalue weighted by Gasteiger charge is -2.44. The number of ether oxygens (including phenoxy) is 1. The van der Waals surface area contributed by atoms with Gasteiger partial charge in [0.15, 0.2) is 0 Å². The van der Waals surface area contributed by atoms with Crippen molar-refractivity contribution in [2.75, 3.05) is 20.2 Å². The van der Waals surface area contributed by atoms with E-state index < -0.39 is 0 Å². The molecule has 0 aliphatic heterocycles. The molecule has 2 atom stereocenters. The normalized spacial score (nSPS) is 21.9. The maximum absolute atomic E-state index is 6.03. The smallest absolute Gasteiger partial charge is 0.0736 e. The topological polar surface area (TPSA) is 38.5 Å². The van der Waals surface area contributed by atoms with E-state index in [1.807, 2.05) is 0 Å². The van der Waals surface area contributed by atoms with Crippen molar-refractivity contribution >= 4 is 0 Å². The molecule has 0 saturated heterocycles. The van der Waals surface area contributed by atoms with Crippen LogP contribution in [0.5, 0.6) is 0 Å². The molecule has 0 aromatic heterocycles. The standard InChI is InChI=1S/C14H30N2O/c1-11(2)8-9-16(13-6-7-13)14(4,10-15)12(3)17-5/h11-13H,6-10,15H2,1-5H3. The van der Waals surface area contributed by atoms with E-state index in [4.69, 9.17) is 10.5 Å². The van der Waals surface area contributed by atoms with Crippen molar-refractivity contribution in [1.29, 1.82) is 0 Å². The van der Waals surface area contributed by atoms with Crippen LogP contribution in [0.2, 0.25) is 0 Å². The maximum atomic E-state index is 6.03. The first-order valence-electron chi connectivity index (χ1n) is 6.95. The zero-order valence-corrected chi connectivity index (χ0v) is 12.2. The molecule has 0 bridgehead atoms. The predicted octanol–water partition coefficient (Wildman–Crippen LogP) is 2.25. The van der Waals surface area contributed by atoms with E-state index in [9.17, 15) is 0 Å². The second-order valence-electron chi connectivity index (χ2n) is 6.05. The van der Waals surface area contributed by atoms with Crippen molar-refractivity contribution < 1.29 is 4.74 Å². The molecule has 1 rings (SSSR count). The summed E-state index contributed by atoms with van der Waals surface area (Å²) in [5.41, 5.74) is 6.01. The van der Waals surface area contributed by atoms with Crippen LogP contribution in [-0.2, 0) is 4.74 Å². The number of hydrogen-bond donors (Lipinski definition) is 1. The van der Waals surface area contributed by atoms with Gasteiger partial charge in [-0.1, -0.05) is 13.8 Å². The quantitative estimate of drug-likeness (QED) is 0.709. The summed E-state index contributed by atoms with van der Waals surface area (Å²) in [6, 6.07) is 0.736. The third-order valence-corrected chi connectivity index (χ3v) is 4.23. The number of hydrogen-bond acceptors (Lipinski definition) is 3. The molecule has 0 spiro atoms. The molecule has 0 heterocycles. The van der Waals surface area contributed by atoms with E-state index >= 15 is 0 Å². The number of nitrogens with two attached hydrogens (primary N) is 1. The van der Waals surface area contributed by atoms with Crippen molar-refractivity contribution in [3.05, 3.63) is 0 Å². The van der Waals surface area contributed by atoms with Gasteiger partial charge < -0.3 is 10.5 Å². The van der Waals surface area contributed by atoms with Crippen molar-refractivity contribution in [3.63, 3.8) is 0 Å². The van der Waals surface area contributed by atoms with Crippen LogP contribution in [0, 0.1) is 5.92 Å². The molecule has 3 heteroatoms. The fourth-order valence-electron chi connectivity index (χ4n) is 2.41. The van der Waals surface area contributed by atoms with Gasteiger partial charge in [-0.2, -0.15) is 0 Å². The van der Waals surface area contributed by atoms with Gasteiger partial charge in [0.05, 0.1) is 11.6 Å². The lowest BCUT2D eigenvalue weighted by Crippen LogP contribution is -2.60. The monoisotopic (exact) mass is 242 g/mol. The van der Waals surface area contributed by atoms with Gasteiger partial charge in [0.2, 0.25) is 0 Å². The fraction of sp³-hybridized carbons (Fsp3) is 1.00. The highest BCUT2D eigenvalue weighted by atomic mass is 16.5. The third kappa shape index (κ3) is 3.67. The average molecular weight is 242 g/mol. The summed E-state index contributed by atoms with van der Waals surface area (Å²) in [7, 11) is 1.78. The predicted molar refractivity (Wildman–Crippen MR) is 73.1 cm³/mol. The third-order valence-electron chi connectivity index (χ3n) is 4.23. The fourth-order valence-corrected chi connectivity index (χ4v) is 2.41. The lowest BCUT2D eigenvalue weighted by molar-refractivity contribution is -0.0371. The van der Waals surface area contributed by atoms with E-state index in [0.29, 0.717) is 6.54 Å². The molecule has 0 aromatic rings. The Morgan fingerprint density at radius 3 is 2.29 bits per heavy atom. The van der Waals surface area contributed by atoms with Crippen molar-refractivity contribution in [1.82, 2.24) is 4.90 Å². The van der Waals surface area contributed by atoms with Crippen LogP contribution in [0.25, 0.3) is 0 Å². The Hall–Kier alpha value is -0.120. The second kappa shape index (κ2) is 6.17. The molecule has 0 amide bonds. The first-order chi connectivity index (χ1) is 7.95. The zero-order chi connectivity index (χ0) is 13.1. The van der Waals surface area contributed by atoms with E-state index in [1.165, 1.54) is 19.3 Å². The molecule has 0 radical (unpaired) electrons. The minimum absolute atomic E-state index is 0.0230. The summed E-state index contributed by atoms with van der Waals surface area (Å²) < 4.78 is 5.55. The summed E-state index contributed by atoms with van der Waals surface area (Å²) >= 11 is 0. The van der Waals surface area contributed by atoms with Crippen molar-refractivity contribution in [2.24, 2.45) is 11.7 Å². The maximum Gasteiger partial charge on any atom is 0.0736 e. The Labute approximate surface area is 107 Å². The molecule has 2 N–H and O–H groups in total. The zero-order valence-electron chi connectivity index (χ0n) is 12.2. The van der Waals surface area contributed by atoms with Crippen molar-refractivity contribution in [3.8, 4) is 0 Å². The molecule has 0 aromatic carbocycles. The van der Waals surface area contributed by atoms with E-state index in [1.54, 1.807) is 7.11 Å². The molecule has 1 saturated carbocycles. The van der Waals surface area contributed by atoms with Gasteiger partial charge in [0.1, 0.15) is 0 Å². The van der Waals surface area contributed by atoms with Crippen LogP contribution in [0.15, 0.2) is 0 Å². The summed E-state index contributed by atoms with van der Waals surface area (Å²) in [6.07, 6.45) is 4.07. The molecule has 102 valence electrons. The van der Waals surface area contributed by atoms with Crippen LogP contribution in [0.3, 0.4) is 0 Å².